The molecule has 0 bridgehead atoms. The van der Waals surface area contributed by atoms with E-state index >= 15 is 0 Å². The maximum Gasteiger partial charge on any atom is 0.416 e. The molecule has 0 aromatic rings. The van der Waals surface area contributed by atoms with Gasteiger partial charge < -0.3 is 0 Å². The maximum atomic E-state index is 12.0. The Bertz CT molecular complexity index is 230. The van der Waals surface area contributed by atoms with Crippen molar-refractivity contribution < 1.29 is 13.2 Å². The van der Waals surface area contributed by atoms with Gasteiger partial charge in [-0.2, -0.15) is 13.2 Å². The van der Waals surface area contributed by atoms with Crippen LogP contribution in [-0.4, -0.2) is 6.18 Å². The molecule has 0 unspecified atom stereocenters. The lowest BCUT2D eigenvalue weighted by Gasteiger charge is -2.11. The minimum atomic E-state index is -4.24. The van der Waals surface area contributed by atoms with Crippen molar-refractivity contribution in [3.63, 3.8) is 0 Å². The Morgan fingerprint density at radius 3 is 2.36 bits per heavy atom. The van der Waals surface area contributed by atoms with Crippen LogP contribution in [0.5, 0.6) is 0 Å². The SMILES string of the molecule is C=C1C=C(C(F)(F)F)C=CC1. The number of alkyl halides is 3. The van der Waals surface area contributed by atoms with E-state index in [4.69, 9.17) is 0 Å². The van der Waals surface area contributed by atoms with Crippen molar-refractivity contribution >= 4 is 0 Å². The normalized spacial score (nSPS) is 18.5. The summed E-state index contributed by atoms with van der Waals surface area (Å²) in [5, 5.41) is 0. The Balaban J connectivity index is 2.88. The molecule has 0 amide bonds. The average Bonchev–Trinajstić information content (AvgIpc) is 1.86. The Morgan fingerprint density at radius 2 is 2.00 bits per heavy atom. The van der Waals surface area contributed by atoms with Gasteiger partial charge in [0.2, 0.25) is 0 Å². The van der Waals surface area contributed by atoms with Crippen molar-refractivity contribution in [3.05, 3.63) is 36.0 Å². The molecule has 1 aliphatic rings. The third-order valence-electron chi connectivity index (χ3n) is 1.36. The molecule has 1 aliphatic carbocycles. The molecule has 0 N–H and O–H groups in total. The molecule has 0 fully saturated rings. The van der Waals surface area contributed by atoms with Gasteiger partial charge in [0.15, 0.2) is 0 Å². The lowest BCUT2D eigenvalue weighted by Crippen LogP contribution is -2.11. The van der Waals surface area contributed by atoms with Crippen molar-refractivity contribution in [2.75, 3.05) is 0 Å². The van der Waals surface area contributed by atoms with Crippen LogP contribution < -0.4 is 0 Å². The van der Waals surface area contributed by atoms with Crippen molar-refractivity contribution in [2.24, 2.45) is 0 Å². The molecule has 0 aliphatic heterocycles. The van der Waals surface area contributed by atoms with E-state index in [1.54, 1.807) is 0 Å². The van der Waals surface area contributed by atoms with Crippen LogP contribution >= 0.6 is 0 Å². The molecule has 0 aromatic heterocycles. The molecule has 0 saturated carbocycles. The van der Waals surface area contributed by atoms with Gasteiger partial charge in [-0.15, -0.1) is 0 Å². The zero-order valence-corrected chi connectivity index (χ0v) is 5.78. The molecule has 0 radical (unpaired) electrons. The highest BCUT2D eigenvalue weighted by Gasteiger charge is 2.32. The standard InChI is InChI=1S/C8H7F3/c1-6-3-2-4-7(5-6)8(9,10)11/h2,4-5H,1,3H2. The largest absolute Gasteiger partial charge is 0.416 e. The van der Waals surface area contributed by atoms with E-state index in [0.717, 1.165) is 12.2 Å². The van der Waals surface area contributed by atoms with Gasteiger partial charge in [-0.05, 0) is 12.5 Å². The Kier molecular flexibility index (Phi) is 1.89. The minimum absolute atomic E-state index is 0.500. The Morgan fingerprint density at radius 1 is 1.36 bits per heavy atom. The lowest BCUT2D eigenvalue weighted by molar-refractivity contribution is -0.0883. The fraction of sp³-hybridized carbons (Fsp3) is 0.250. The van der Waals surface area contributed by atoms with E-state index in [0.29, 0.717) is 12.0 Å². The van der Waals surface area contributed by atoms with Crippen molar-refractivity contribution in [3.8, 4) is 0 Å². The second-order valence-corrected chi connectivity index (χ2v) is 2.36. The molecule has 60 valence electrons. The second kappa shape index (κ2) is 2.57. The first-order chi connectivity index (χ1) is 5.00. The van der Waals surface area contributed by atoms with E-state index in [1.165, 1.54) is 6.08 Å². The van der Waals surface area contributed by atoms with E-state index in [1.807, 2.05) is 0 Å². The third kappa shape index (κ3) is 1.97. The average molecular weight is 160 g/mol. The zero-order chi connectivity index (χ0) is 8.48. The molecule has 0 spiro atoms. The van der Waals surface area contributed by atoms with Gasteiger partial charge >= 0.3 is 6.18 Å². The monoisotopic (exact) mass is 160 g/mol. The molecule has 0 nitrogen and oxygen atoms in total. The van der Waals surface area contributed by atoms with Crippen LogP contribution in [-0.2, 0) is 0 Å². The Hall–Kier alpha value is -0.990. The molecule has 3 heteroatoms. The third-order valence-corrected chi connectivity index (χ3v) is 1.36. The van der Waals surface area contributed by atoms with E-state index in [-0.39, 0.29) is 0 Å². The molecule has 0 saturated heterocycles. The first kappa shape index (κ1) is 8.11. The molecular weight excluding hydrogens is 153 g/mol. The van der Waals surface area contributed by atoms with Gasteiger partial charge in [-0.25, -0.2) is 0 Å². The lowest BCUT2D eigenvalue weighted by atomic mass is 10.0. The summed E-state index contributed by atoms with van der Waals surface area (Å²) < 4.78 is 35.9. The van der Waals surface area contributed by atoms with Crippen molar-refractivity contribution in [1.82, 2.24) is 0 Å². The summed E-state index contributed by atoms with van der Waals surface area (Å²) in [6, 6.07) is 0. The van der Waals surface area contributed by atoms with E-state index in [2.05, 4.69) is 6.58 Å². The van der Waals surface area contributed by atoms with Crippen LogP contribution in [0.25, 0.3) is 0 Å². The molecule has 0 atom stereocenters. The van der Waals surface area contributed by atoms with Crippen LogP contribution in [0.2, 0.25) is 0 Å². The number of allylic oxidation sites excluding steroid dienone is 5. The van der Waals surface area contributed by atoms with Crippen LogP contribution in [0.1, 0.15) is 6.42 Å². The van der Waals surface area contributed by atoms with Gasteiger partial charge in [0.05, 0.1) is 5.57 Å². The zero-order valence-electron chi connectivity index (χ0n) is 5.78. The first-order valence-corrected chi connectivity index (χ1v) is 3.13. The molecule has 11 heavy (non-hydrogen) atoms. The van der Waals surface area contributed by atoms with Crippen molar-refractivity contribution in [2.45, 2.75) is 12.6 Å². The highest BCUT2D eigenvalue weighted by Crippen LogP contribution is 2.30. The predicted molar refractivity (Wildman–Crippen MR) is 37.0 cm³/mol. The summed E-state index contributed by atoms with van der Waals surface area (Å²) in [6.07, 6.45) is -0.112. The fourth-order valence-corrected chi connectivity index (χ4v) is 0.841. The van der Waals surface area contributed by atoms with Gasteiger partial charge in [0.1, 0.15) is 0 Å². The van der Waals surface area contributed by atoms with E-state index < -0.39 is 11.7 Å². The van der Waals surface area contributed by atoms with Gasteiger partial charge in [-0.1, -0.05) is 24.3 Å². The minimum Gasteiger partial charge on any atom is -0.166 e. The van der Waals surface area contributed by atoms with Crippen molar-refractivity contribution in [1.29, 1.82) is 0 Å². The summed E-state index contributed by atoms with van der Waals surface area (Å²) in [5.41, 5.74) is -0.117. The highest BCUT2D eigenvalue weighted by molar-refractivity contribution is 5.37. The van der Waals surface area contributed by atoms with Gasteiger partial charge in [-0.3, -0.25) is 0 Å². The van der Waals surface area contributed by atoms with Crippen LogP contribution in [0.15, 0.2) is 36.0 Å². The predicted octanol–water partition coefficient (Wildman–Crippen LogP) is 2.99. The molecule has 0 aromatic carbocycles. The summed E-state index contributed by atoms with van der Waals surface area (Å²) in [4.78, 5) is 0. The first-order valence-electron chi connectivity index (χ1n) is 3.13. The molecule has 1 rings (SSSR count). The van der Waals surface area contributed by atoms with Gasteiger partial charge in [0, 0.05) is 0 Å². The highest BCUT2D eigenvalue weighted by atomic mass is 19.4. The number of rotatable bonds is 0. The van der Waals surface area contributed by atoms with Crippen LogP contribution in [0.3, 0.4) is 0 Å². The molecule has 0 heterocycles. The fourth-order valence-electron chi connectivity index (χ4n) is 0.841. The number of hydrogen-bond donors (Lipinski definition) is 0. The summed E-state index contributed by atoms with van der Waals surface area (Å²) in [5.74, 6) is 0. The van der Waals surface area contributed by atoms with Crippen LogP contribution in [0.4, 0.5) is 13.2 Å². The topological polar surface area (TPSA) is 0 Å². The summed E-state index contributed by atoms with van der Waals surface area (Å²) in [7, 11) is 0. The second-order valence-electron chi connectivity index (χ2n) is 2.36. The van der Waals surface area contributed by atoms with Crippen LogP contribution in [0, 0.1) is 0 Å². The molecular formula is C8H7F3. The van der Waals surface area contributed by atoms with Gasteiger partial charge in [0.25, 0.3) is 0 Å². The maximum absolute atomic E-state index is 12.0. The smallest absolute Gasteiger partial charge is 0.166 e. The summed E-state index contributed by atoms with van der Waals surface area (Å²) in [6.45, 7) is 3.45. The number of halogens is 3. The summed E-state index contributed by atoms with van der Waals surface area (Å²) >= 11 is 0. The number of hydrogen-bond acceptors (Lipinski definition) is 0. The Labute approximate surface area is 62.7 Å². The quantitative estimate of drug-likeness (QED) is 0.511. The van der Waals surface area contributed by atoms with E-state index in [9.17, 15) is 13.2 Å².